The van der Waals surface area contributed by atoms with Crippen LogP contribution in [0.15, 0.2) is 35.2 Å². The van der Waals surface area contributed by atoms with Gasteiger partial charge in [-0.2, -0.15) is 5.53 Å². The number of thioether (sulfide) groups is 1. The van der Waals surface area contributed by atoms with E-state index in [1.807, 2.05) is 22.7 Å². The SMILES string of the molecule is O=C(C1CNNN1)N1CCN(CCSc2ccccc2)CC1. The van der Waals surface area contributed by atoms with Gasteiger partial charge in [0.05, 0.1) is 0 Å². The van der Waals surface area contributed by atoms with Crippen LogP contribution in [0, 0.1) is 0 Å². The van der Waals surface area contributed by atoms with E-state index in [1.54, 1.807) is 0 Å². The van der Waals surface area contributed by atoms with Gasteiger partial charge in [-0.15, -0.1) is 11.8 Å². The lowest BCUT2D eigenvalue weighted by molar-refractivity contribution is -0.134. The number of piperazine rings is 1. The number of carbonyl (C=O) groups excluding carboxylic acids is 1. The van der Waals surface area contributed by atoms with Crippen LogP contribution in [-0.2, 0) is 4.79 Å². The molecule has 7 heteroatoms. The van der Waals surface area contributed by atoms with Crippen molar-refractivity contribution in [3.8, 4) is 0 Å². The van der Waals surface area contributed by atoms with E-state index in [9.17, 15) is 4.79 Å². The monoisotopic (exact) mass is 321 g/mol. The summed E-state index contributed by atoms with van der Waals surface area (Å²) < 4.78 is 0. The average Bonchev–Trinajstić information content (AvgIpc) is 3.10. The minimum Gasteiger partial charge on any atom is -0.339 e. The summed E-state index contributed by atoms with van der Waals surface area (Å²) in [5, 5.41) is 0. The van der Waals surface area contributed by atoms with Gasteiger partial charge in [0, 0.05) is 49.9 Å². The van der Waals surface area contributed by atoms with Gasteiger partial charge in [-0.1, -0.05) is 18.2 Å². The van der Waals surface area contributed by atoms with E-state index >= 15 is 0 Å². The second-order valence-electron chi connectivity index (χ2n) is 5.53. The standard InChI is InChI=1S/C15H23N5OS/c21-15(14-12-16-18-17-14)20-8-6-19(7-9-20)10-11-22-13-4-2-1-3-5-13/h1-5,14,16-18H,6-12H2. The molecule has 0 aliphatic carbocycles. The molecule has 3 rings (SSSR count). The van der Waals surface area contributed by atoms with Crippen molar-refractivity contribution in [2.45, 2.75) is 10.9 Å². The largest absolute Gasteiger partial charge is 0.339 e. The lowest BCUT2D eigenvalue weighted by Crippen LogP contribution is -2.54. The van der Waals surface area contributed by atoms with E-state index in [1.165, 1.54) is 4.90 Å². The molecular formula is C15H23N5OS. The summed E-state index contributed by atoms with van der Waals surface area (Å²) in [6.45, 7) is 5.31. The third-order valence-corrected chi connectivity index (χ3v) is 5.03. The van der Waals surface area contributed by atoms with Crippen molar-refractivity contribution in [1.82, 2.24) is 26.2 Å². The van der Waals surface area contributed by atoms with Gasteiger partial charge in [0.15, 0.2) is 0 Å². The zero-order valence-corrected chi connectivity index (χ0v) is 13.4. The van der Waals surface area contributed by atoms with Crippen LogP contribution < -0.4 is 16.4 Å². The maximum atomic E-state index is 12.3. The van der Waals surface area contributed by atoms with Crippen molar-refractivity contribution >= 4 is 17.7 Å². The molecule has 1 aromatic rings. The van der Waals surface area contributed by atoms with E-state index in [4.69, 9.17) is 0 Å². The average molecular weight is 321 g/mol. The van der Waals surface area contributed by atoms with Crippen LogP contribution in [0.1, 0.15) is 0 Å². The van der Waals surface area contributed by atoms with Crippen molar-refractivity contribution in [1.29, 1.82) is 0 Å². The molecule has 0 saturated carbocycles. The van der Waals surface area contributed by atoms with Crippen LogP contribution in [0.2, 0.25) is 0 Å². The molecule has 1 atom stereocenters. The van der Waals surface area contributed by atoms with Gasteiger partial charge in [0.2, 0.25) is 5.91 Å². The van der Waals surface area contributed by atoms with Crippen LogP contribution in [0.4, 0.5) is 0 Å². The Bertz CT molecular complexity index is 472. The zero-order valence-electron chi connectivity index (χ0n) is 12.6. The summed E-state index contributed by atoms with van der Waals surface area (Å²) in [6, 6.07) is 10.4. The highest BCUT2D eigenvalue weighted by molar-refractivity contribution is 7.99. The van der Waals surface area contributed by atoms with E-state index in [-0.39, 0.29) is 11.9 Å². The van der Waals surface area contributed by atoms with E-state index in [0.717, 1.165) is 38.5 Å². The minimum atomic E-state index is -0.139. The highest BCUT2D eigenvalue weighted by Gasteiger charge is 2.29. The second-order valence-corrected chi connectivity index (χ2v) is 6.70. The molecule has 22 heavy (non-hydrogen) atoms. The van der Waals surface area contributed by atoms with E-state index in [2.05, 4.69) is 45.6 Å². The van der Waals surface area contributed by atoms with Crippen LogP contribution in [0.25, 0.3) is 0 Å². The molecule has 2 heterocycles. The fourth-order valence-corrected chi connectivity index (χ4v) is 3.65. The smallest absolute Gasteiger partial charge is 0.242 e. The molecule has 3 N–H and O–H groups in total. The summed E-state index contributed by atoms with van der Waals surface area (Å²) >= 11 is 1.89. The Hall–Kier alpha value is -1.12. The maximum Gasteiger partial charge on any atom is 0.242 e. The number of benzene rings is 1. The number of nitrogens with zero attached hydrogens (tertiary/aromatic N) is 2. The molecule has 1 unspecified atom stereocenters. The number of rotatable bonds is 5. The first-order valence-corrected chi connectivity index (χ1v) is 8.74. The topological polar surface area (TPSA) is 59.6 Å². The summed E-state index contributed by atoms with van der Waals surface area (Å²) in [4.78, 5) is 18.0. The predicted molar refractivity (Wildman–Crippen MR) is 88.2 cm³/mol. The molecule has 1 amide bonds. The molecule has 6 nitrogen and oxygen atoms in total. The van der Waals surface area contributed by atoms with Crippen molar-refractivity contribution in [3.63, 3.8) is 0 Å². The quantitative estimate of drug-likeness (QED) is 0.659. The second kappa shape index (κ2) is 7.94. The van der Waals surface area contributed by atoms with Gasteiger partial charge >= 0.3 is 0 Å². The fourth-order valence-electron chi connectivity index (χ4n) is 2.71. The Labute approximate surface area is 135 Å². The van der Waals surface area contributed by atoms with E-state index in [0.29, 0.717) is 6.54 Å². The molecular weight excluding hydrogens is 298 g/mol. The Kier molecular flexibility index (Phi) is 5.69. The molecule has 2 aliphatic heterocycles. The minimum absolute atomic E-state index is 0.139. The number of nitrogens with one attached hydrogen (secondary N) is 3. The number of hydrogen-bond acceptors (Lipinski definition) is 6. The van der Waals surface area contributed by atoms with Crippen LogP contribution in [0.3, 0.4) is 0 Å². The molecule has 2 fully saturated rings. The van der Waals surface area contributed by atoms with Gasteiger partial charge in [-0.3, -0.25) is 9.69 Å². The van der Waals surface area contributed by atoms with Gasteiger partial charge in [0.1, 0.15) is 6.04 Å². The summed E-state index contributed by atoms with van der Waals surface area (Å²) in [5.74, 6) is 1.28. The highest BCUT2D eigenvalue weighted by atomic mass is 32.2. The van der Waals surface area contributed by atoms with Gasteiger partial charge < -0.3 is 4.90 Å². The molecule has 120 valence electrons. The molecule has 2 saturated heterocycles. The summed E-state index contributed by atoms with van der Waals surface area (Å²) in [6.07, 6.45) is 0. The fraction of sp³-hybridized carbons (Fsp3) is 0.533. The maximum absolute atomic E-state index is 12.3. The first-order chi connectivity index (χ1) is 10.8. The molecule has 0 radical (unpaired) electrons. The molecule has 0 aromatic heterocycles. The summed E-state index contributed by atoms with van der Waals surface area (Å²) in [7, 11) is 0. The number of hydrazine groups is 2. The highest BCUT2D eigenvalue weighted by Crippen LogP contribution is 2.17. The van der Waals surface area contributed by atoms with Crippen molar-refractivity contribution < 1.29 is 4.79 Å². The Morgan fingerprint density at radius 1 is 1.18 bits per heavy atom. The third-order valence-electron chi connectivity index (χ3n) is 4.04. The lowest BCUT2D eigenvalue weighted by atomic mass is 10.2. The van der Waals surface area contributed by atoms with Crippen LogP contribution in [0.5, 0.6) is 0 Å². The number of amides is 1. The van der Waals surface area contributed by atoms with Gasteiger partial charge in [-0.25, -0.2) is 10.9 Å². The molecule has 2 aliphatic rings. The Morgan fingerprint density at radius 3 is 2.64 bits per heavy atom. The molecule has 0 spiro atoms. The normalized spacial score (nSPS) is 22.9. The van der Waals surface area contributed by atoms with Crippen molar-refractivity contribution in [2.24, 2.45) is 0 Å². The molecule has 0 bridgehead atoms. The van der Waals surface area contributed by atoms with Gasteiger partial charge in [0.25, 0.3) is 0 Å². The number of carbonyl (C=O) groups is 1. The third kappa shape index (κ3) is 4.21. The van der Waals surface area contributed by atoms with Crippen molar-refractivity contribution in [2.75, 3.05) is 45.0 Å². The summed E-state index contributed by atoms with van der Waals surface area (Å²) in [5.41, 5.74) is 8.65. The zero-order chi connectivity index (χ0) is 15.2. The first-order valence-electron chi connectivity index (χ1n) is 7.75. The van der Waals surface area contributed by atoms with E-state index < -0.39 is 0 Å². The number of hydrogen-bond donors (Lipinski definition) is 3. The Balaban J connectivity index is 1.36. The van der Waals surface area contributed by atoms with Crippen molar-refractivity contribution in [3.05, 3.63) is 30.3 Å². The first kappa shape index (κ1) is 15.8. The Morgan fingerprint density at radius 2 is 1.95 bits per heavy atom. The predicted octanol–water partition coefficient (Wildman–Crippen LogP) is -0.0961. The van der Waals surface area contributed by atoms with Crippen LogP contribution >= 0.6 is 11.8 Å². The van der Waals surface area contributed by atoms with Crippen LogP contribution in [-0.4, -0.2) is 66.8 Å². The lowest BCUT2D eigenvalue weighted by Gasteiger charge is -2.35. The van der Waals surface area contributed by atoms with Gasteiger partial charge in [-0.05, 0) is 12.1 Å². The molecule has 1 aromatic carbocycles.